The second kappa shape index (κ2) is 36.4. The lowest BCUT2D eigenvalue weighted by atomic mass is 10.1. The van der Waals surface area contributed by atoms with Gasteiger partial charge < -0.3 is 25.2 Å². The zero-order chi connectivity index (χ0) is 39.3. The second-order valence-corrected chi connectivity index (χ2v) is 14.9. The van der Waals surface area contributed by atoms with Crippen molar-refractivity contribution in [3.63, 3.8) is 0 Å². The molecule has 0 amide bonds. The Morgan fingerprint density at radius 3 is 1.53 bits per heavy atom. The Labute approximate surface area is 320 Å². The van der Waals surface area contributed by atoms with Crippen LogP contribution in [0.1, 0.15) is 162 Å². The average molecular weight is 770 g/mol. The molecule has 0 heterocycles. The fourth-order valence-corrected chi connectivity index (χ4v) is 5.88. The third kappa shape index (κ3) is 36.2. The lowest BCUT2D eigenvalue weighted by molar-refractivity contribution is -0.161. The van der Waals surface area contributed by atoms with Crippen molar-refractivity contribution < 1.29 is 47.5 Å². The van der Waals surface area contributed by atoms with Gasteiger partial charge in [-0.05, 0) is 57.8 Å². The Balaban J connectivity index is 4.46. The Bertz CT molecular complexity index is 1090. The first-order chi connectivity index (χ1) is 25.6. The molecule has 3 atom stereocenters. The summed E-state index contributed by atoms with van der Waals surface area (Å²) in [5, 5.41) is 8.86. The lowest BCUT2D eigenvalue weighted by Gasteiger charge is -2.20. The van der Waals surface area contributed by atoms with Crippen LogP contribution in [-0.2, 0) is 37.5 Å². The molecule has 1 unspecified atom stereocenters. The minimum atomic E-state index is -4.72. The molecule has 306 valence electrons. The van der Waals surface area contributed by atoms with E-state index in [1.807, 2.05) is 0 Å². The van der Waals surface area contributed by atoms with E-state index in [9.17, 15) is 23.8 Å². The van der Waals surface area contributed by atoms with Gasteiger partial charge in [-0.2, -0.15) is 0 Å². The van der Waals surface area contributed by atoms with Crippen LogP contribution in [0.2, 0.25) is 0 Å². The molecule has 4 N–H and O–H groups in total. The van der Waals surface area contributed by atoms with Gasteiger partial charge in [-0.25, -0.2) is 4.57 Å². The minimum Gasteiger partial charge on any atom is -0.480 e. The van der Waals surface area contributed by atoms with Crippen LogP contribution in [-0.4, -0.2) is 59.9 Å². The zero-order valence-corrected chi connectivity index (χ0v) is 33.7. The molecule has 0 spiro atoms. The monoisotopic (exact) mass is 769 g/mol. The maximum atomic E-state index is 12.6. The molecule has 0 aromatic carbocycles. The van der Waals surface area contributed by atoms with Gasteiger partial charge in [0.05, 0.1) is 13.2 Å². The van der Waals surface area contributed by atoms with Gasteiger partial charge in [0.25, 0.3) is 0 Å². The molecule has 53 heavy (non-hydrogen) atoms. The molecule has 0 aliphatic heterocycles. The number of unbranched alkanes of at least 4 members (excludes halogenated alkanes) is 15. The Morgan fingerprint density at radius 2 is 1.00 bits per heavy atom. The number of carbonyl (C=O) groups is 3. The van der Waals surface area contributed by atoms with E-state index in [1.165, 1.54) is 64.2 Å². The highest BCUT2D eigenvalue weighted by molar-refractivity contribution is 7.47. The minimum absolute atomic E-state index is 0.123. The molecule has 0 saturated heterocycles. The number of nitrogens with two attached hydrogens (primary N) is 1. The molecule has 11 nitrogen and oxygen atoms in total. The number of phosphoric ester groups is 1. The summed E-state index contributed by atoms with van der Waals surface area (Å²) in [5.41, 5.74) is 5.32. The van der Waals surface area contributed by atoms with Gasteiger partial charge in [0.1, 0.15) is 12.6 Å². The SMILES string of the molecule is CCCCC/C=C/C/C=C/C/C=C/C/C=C/CCCCCC(=O)O[C@@H](COC(=O)CCCCCCCCCCCC)COP(=O)(O)OC[C@H](N)C(=O)O. The van der Waals surface area contributed by atoms with Crippen molar-refractivity contribution in [1.29, 1.82) is 0 Å². The first kappa shape index (κ1) is 50.4. The summed E-state index contributed by atoms with van der Waals surface area (Å²) in [6.45, 7) is 2.71. The highest BCUT2D eigenvalue weighted by Crippen LogP contribution is 2.43. The number of carbonyl (C=O) groups excluding carboxylic acids is 2. The van der Waals surface area contributed by atoms with Crippen LogP contribution in [0.15, 0.2) is 48.6 Å². The van der Waals surface area contributed by atoms with Crippen molar-refractivity contribution in [2.75, 3.05) is 19.8 Å². The van der Waals surface area contributed by atoms with Gasteiger partial charge in [0.2, 0.25) is 0 Å². The second-order valence-electron chi connectivity index (χ2n) is 13.4. The van der Waals surface area contributed by atoms with Gasteiger partial charge in [-0.15, -0.1) is 0 Å². The van der Waals surface area contributed by atoms with Crippen LogP contribution in [0.4, 0.5) is 0 Å². The van der Waals surface area contributed by atoms with Crippen LogP contribution < -0.4 is 5.73 Å². The smallest absolute Gasteiger partial charge is 0.472 e. The molecule has 0 saturated carbocycles. The van der Waals surface area contributed by atoms with E-state index < -0.39 is 51.1 Å². The Morgan fingerprint density at radius 1 is 0.585 bits per heavy atom. The number of hydrogen-bond donors (Lipinski definition) is 3. The first-order valence-corrected chi connectivity index (χ1v) is 21.7. The molecule has 0 aliphatic carbocycles. The lowest BCUT2D eigenvalue weighted by Crippen LogP contribution is -2.34. The normalized spacial score (nSPS) is 14.3. The molecule has 0 aliphatic rings. The summed E-state index contributed by atoms with van der Waals surface area (Å²) in [7, 11) is -4.72. The standard InChI is InChI=1S/C41H72NO10P/c1-3-5-7-9-11-13-15-16-17-18-19-20-21-22-23-25-27-29-31-33-40(44)52-37(35-50-53(47,48)51-36-38(42)41(45)46)34-49-39(43)32-30-28-26-24-14-12-10-8-6-4-2/h11,13,16-17,19-20,22-23,37-38H,3-10,12,14-15,18,21,24-36,42H2,1-2H3,(H,45,46)(H,47,48)/b13-11+,17-16+,20-19+,23-22+/t37-,38-/m0/s1. The van der Waals surface area contributed by atoms with Gasteiger partial charge in [-0.3, -0.25) is 23.4 Å². The number of ether oxygens (including phenoxy) is 2. The van der Waals surface area contributed by atoms with Gasteiger partial charge in [-0.1, -0.05) is 140 Å². The number of esters is 2. The summed E-state index contributed by atoms with van der Waals surface area (Å²) in [6, 6.07) is -1.53. The molecule has 0 aromatic rings. The highest BCUT2D eigenvalue weighted by atomic mass is 31.2. The molecule has 0 bridgehead atoms. The van der Waals surface area contributed by atoms with E-state index in [0.29, 0.717) is 12.8 Å². The van der Waals surface area contributed by atoms with Crippen LogP contribution in [0.5, 0.6) is 0 Å². The van der Waals surface area contributed by atoms with Crippen LogP contribution in [0, 0.1) is 0 Å². The van der Waals surface area contributed by atoms with Crippen LogP contribution in [0.25, 0.3) is 0 Å². The molecule has 0 fully saturated rings. The first-order valence-electron chi connectivity index (χ1n) is 20.2. The molecule has 12 heteroatoms. The number of aliphatic carboxylic acids is 1. The number of phosphoric acid groups is 1. The number of allylic oxidation sites excluding steroid dienone is 8. The predicted octanol–water partition coefficient (Wildman–Crippen LogP) is 10.2. The van der Waals surface area contributed by atoms with Crippen LogP contribution in [0.3, 0.4) is 0 Å². The Hall–Kier alpha value is -2.56. The maximum absolute atomic E-state index is 12.6. The van der Waals surface area contributed by atoms with Crippen molar-refractivity contribution in [2.24, 2.45) is 5.73 Å². The van der Waals surface area contributed by atoms with Crippen LogP contribution >= 0.6 is 7.82 Å². The maximum Gasteiger partial charge on any atom is 0.472 e. The van der Waals surface area contributed by atoms with Crippen molar-refractivity contribution in [3.05, 3.63) is 48.6 Å². The van der Waals surface area contributed by atoms with Crippen molar-refractivity contribution >= 4 is 25.7 Å². The molecule has 0 radical (unpaired) electrons. The number of carboxylic acid groups (broad SMARTS) is 1. The number of rotatable bonds is 37. The summed E-state index contributed by atoms with van der Waals surface area (Å²) in [5.74, 6) is -2.42. The van der Waals surface area contributed by atoms with E-state index in [-0.39, 0.29) is 19.4 Å². The average Bonchev–Trinajstić information content (AvgIpc) is 3.13. The quantitative estimate of drug-likeness (QED) is 0.0238. The Kier molecular flexibility index (Phi) is 34.7. The van der Waals surface area contributed by atoms with E-state index in [2.05, 4.69) is 67.0 Å². The third-order valence-electron chi connectivity index (χ3n) is 8.33. The largest absolute Gasteiger partial charge is 0.480 e. The van der Waals surface area contributed by atoms with E-state index in [1.54, 1.807) is 0 Å². The van der Waals surface area contributed by atoms with Gasteiger partial charge >= 0.3 is 25.7 Å². The fraction of sp³-hybridized carbons (Fsp3) is 0.732. The molecular formula is C41H72NO10P. The van der Waals surface area contributed by atoms with Crippen molar-refractivity contribution in [1.82, 2.24) is 0 Å². The van der Waals surface area contributed by atoms with E-state index in [4.69, 9.17) is 24.8 Å². The summed E-state index contributed by atoms with van der Waals surface area (Å²) < 4.78 is 32.5. The number of carboxylic acids is 1. The van der Waals surface area contributed by atoms with Crippen molar-refractivity contribution in [2.45, 2.75) is 174 Å². The fourth-order valence-electron chi connectivity index (χ4n) is 5.11. The number of hydrogen-bond acceptors (Lipinski definition) is 9. The van der Waals surface area contributed by atoms with E-state index in [0.717, 1.165) is 57.8 Å². The molecular weight excluding hydrogens is 697 g/mol. The third-order valence-corrected chi connectivity index (χ3v) is 9.28. The predicted molar refractivity (Wildman–Crippen MR) is 212 cm³/mol. The summed E-state index contributed by atoms with van der Waals surface area (Å²) in [4.78, 5) is 45.8. The van der Waals surface area contributed by atoms with Gasteiger partial charge in [0.15, 0.2) is 6.10 Å². The van der Waals surface area contributed by atoms with Crippen molar-refractivity contribution in [3.8, 4) is 0 Å². The molecule has 0 rings (SSSR count). The van der Waals surface area contributed by atoms with E-state index >= 15 is 0 Å². The summed E-state index contributed by atoms with van der Waals surface area (Å²) in [6.07, 6.45) is 39.0. The topological polar surface area (TPSA) is 172 Å². The summed E-state index contributed by atoms with van der Waals surface area (Å²) >= 11 is 0. The van der Waals surface area contributed by atoms with Gasteiger partial charge in [0, 0.05) is 12.8 Å². The highest BCUT2D eigenvalue weighted by Gasteiger charge is 2.28. The molecule has 0 aromatic heterocycles. The zero-order valence-electron chi connectivity index (χ0n) is 32.8.